The number of rotatable bonds is 3. The molecule has 0 atom stereocenters. The van der Waals surface area contributed by atoms with Crippen LogP contribution in [0, 0.1) is 5.92 Å². The lowest BCUT2D eigenvalue weighted by molar-refractivity contribution is 0.329. The van der Waals surface area contributed by atoms with Crippen molar-refractivity contribution in [3.63, 3.8) is 0 Å². The summed E-state index contributed by atoms with van der Waals surface area (Å²) in [5.74, 6) is 1.66. The van der Waals surface area contributed by atoms with Crippen LogP contribution in [0.3, 0.4) is 0 Å². The van der Waals surface area contributed by atoms with Crippen LogP contribution in [0.1, 0.15) is 39.4 Å². The molecule has 1 aliphatic carbocycles. The molecule has 3 nitrogen and oxygen atoms in total. The fourth-order valence-corrected chi connectivity index (χ4v) is 3.27. The first-order valence-electron chi connectivity index (χ1n) is 6.05. The number of alkyl halides is 1. The van der Waals surface area contributed by atoms with Gasteiger partial charge < -0.3 is 4.90 Å². The van der Waals surface area contributed by atoms with Gasteiger partial charge in [0.2, 0.25) is 5.13 Å². The summed E-state index contributed by atoms with van der Waals surface area (Å²) in [7, 11) is 2.09. The summed E-state index contributed by atoms with van der Waals surface area (Å²) in [6.07, 6.45) is 2.27. The molecule has 5 heteroatoms. The molecule has 1 aromatic heterocycles. The molecule has 0 aromatic carbocycles. The van der Waals surface area contributed by atoms with E-state index in [1.165, 1.54) is 11.5 Å². The molecule has 1 saturated carbocycles. The van der Waals surface area contributed by atoms with Gasteiger partial charge in [-0.05, 0) is 18.8 Å². The quantitative estimate of drug-likeness (QED) is 0.792. The molecule has 2 rings (SSSR count). The van der Waals surface area contributed by atoms with Gasteiger partial charge in [0.1, 0.15) is 5.82 Å². The molecule has 1 fully saturated rings. The van der Waals surface area contributed by atoms with Crippen molar-refractivity contribution in [2.75, 3.05) is 18.5 Å². The van der Waals surface area contributed by atoms with Crippen LogP contribution in [0.5, 0.6) is 0 Å². The second-order valence-corrected chi connectivity index (χ2v) is 7.31. The summed E-state index contributed by atoms with van der Waals surface area (Å²) in [6.45, 7) is 7.47. The molecular weight excluding hydrogens is 254 g/mol. The van der Waals surface area contributed by atoms with E-state index in [1.54, 1.807) is 0 Å². The SMILES string of the molecule is CN(CC1CC(Cl)C1)c1nc(C(C)(C)C)ns1. The predicted molar refractivity (Wildman–Crippen MR) is 74.2 cm³/mol. The average Bonchev–Trinajstić information content (AvgIpc) is 2.63. The summed E-state index contributed by atoms with van der Waals surface area (Å²) in [5, 5.41) is 1.42. The Hall–Kier alpha value is -0.350. The Labute approximate surface area is 112 Å². The maximum atomic E-state index is 5.99. The molecule has 1 aliphatic rings. The molecule has 1 heterocycles. The normalized spacial score (nSPS) is 24.5. The molecule has 0 spiro atoms. The van der Waals surface area contributed by atoms with Crippen LogP contribution >= 0.6 is 23.1 Å². The van der Waals surface area contributed by atoms with Crippen molar-refractivity contribution in [3.8, 4) is 0 Å². The van der Waals surface area contributed by atoms with Gasteiger partial charge >= 0.3 is 0 Å². The fraction of sp³-hybridized carbons (Fsp3) is 0.833. The van der Waals surface area contributed by atoms with E-state index in [9.17, 15) is 0 Å². The van der Waals surface area contributed by atoms with E-state index in [0.717, 1.165) is 36.3 Å². The second-order valence-electron chi connectivity index (χ2n) is 5.97. The minimum atomic E-state index is 0.0350. The van der Waals surface area contributed by atoms with Gasteiger partial charge in [-0.1, -0.05) is 20.8 Å². The highest BCUT2D eigenvalue weighted by Gasteiger charge is 2.29. The third-order valence-electron chi connectivity index (χ3n) is 3.12. The largest absolute Gasteiger partial charge is 0.350 e. The van der Waals surface area contributed by atoms with Crippen LogP contribution in [-0.2, 0) is 5.41 Å². The minimum absolute atomic E-state index is 0.0350. The van der Waals surface area contributed by atoms with E-state index < -0.39 is 0 Å². The van der Waals surface area contributed by atoms with Crippen LogP contribution in [0.15, 0.2) is 0 Å². The number of hydrogen-bond acceptors (Lipinski definition) is 4. The third kappa shape index (κ3) is 3.10. The van der Waals surface area contributed by atoms with Gasteiger partial charge in [-0.2, -0.15) is 4.37 Å². The van der Waals surface area contributed by atoms with Crippen LogP contribution in [0.4, 0.5) is 5.13 Å². The monoisotopic (exact) mass is 273 g/mol. The van der Waals surface area contributed by atoms with Gasteiger partial charge in [-0.25, -0.2) is 4.98 Å². The number of aromatic nitrogens is 2. The lowest BCUT2D eigenvalue weighted by Crippen LogP contribution is -2.34. The Bertz CT molecular complexity index is 379. The molecule has 0 radical (unpaired) electrons. The van der Waals surface area contributed by atoms with E-state index in [-0.39, 0.29) is 5.41 Å². The van der Waals surface area contributed by atoms with E-state index in [0.29, 0.717) is 5.38 Å². The molecular formula is C12H20ClN3S. The molecule has 0 N–H and O–H groups in total. The van der Waals surface area contributed by atoms with Gasteiger partial charge in [-0.3, -0.25) is 0 Å². The van der Waals surface area contributed by atoms with Crippen molar-refractivity contribution in [1.82, 2.24) is 9.36 Å². The average molecular weight is 274 g/mol. The lowest BCUT2D eigenvalue weighted by Gasteiger charge is -2.33. The van der Waals surface area contributed by atoms with Crippen molar-refractivity contribution in [1.29, 1.82) is 0 Å². The zero-order valence-electron chi connectivity index (χ0n) is 10.9. The van der Waals surface area contributed by atoms with Crippen LogP contribution in [0.2, 0.25) is 0 Å². The topological polar surface area (TPSA) is 29.0 Å². The summed E-state index contributed by atoms with van der Waals surface area (Å²) >= 11 is 7.49. The van der Waals surface area contributed by atoms with E-state index in [4.69, 9.17) is 11.6 Å². The zero-order valence-corrected chi connectivity index (χ0v) is 12.5. The van der Waals surface area contributed by atoms with Crippen LogP contribution in [-0.4, -0.2) is 28.3 Å². The van der Waals surface area contributed by atoms with Gasteiger partial charge in [0.25, 0.3) is 0 Å². The predicted octanol–water partition coefficient (Wildman–Crippen LogP) is 3.29. The van der Waals surface area contributed by atoms with Crippen molar-refractivity contribution in [3.05, 3.63) is 5.82 Å². The van der Waals surface area contributed by atoms with Gasteiger partial charge in [0.15, 0.2) is 0 Å². The Morgan fingerprint density at radius 1 is 1.41 bits per heavy atom. The number of nitrogens with zero attached hydrogens (tertiary/aromatic N) is 3. The Morgan fingerprint density at radius 2 is 2.06 bits per heavy atom. The summed E-state index contributed by atoms with van der Waals surface area (Å²) in [6, 6.07) is 0. The molecule has 17 heavy (non-hydrogen) atoms. The van der Waals surface area contributed by atoms with Gasteiger partial charge in [0, 0.05) is 35.9 Å². The maximum absolute atomic E-state index is 5.99. The van der Waals surface area contributed by atoms with Crippen molar-refractivity contribution in [2.45, 2.75) is 44.4 Å². The summed E-state index contributed by atoms with van der Waals surface area (Å²) < 4.78 is 4.44. The Balaban J connectivity index is 1.95. The van der Waals surface area contributed by atoms with Gasteiger partial charge in [0.05, 0.1) is 0 Å². The van der Waals surface area contributed by atoms with Crippen molar-refractivity contribution >= 4 is 28.3 Å². The fourth-order valence-electron chi connectivity index (χ4n) is 1.94. The van der Waals surface area contributed by atoms with Crippen molar-refractivity contribution in [2.24, 2.45) is 5.92 Å². The molecule has 0 saturated heterocycles. The lowest BCUT2D eigenvalue weighted by atomic mass is 9.84. The molecule has 0 unspecified atom stereocenters. The standard InChI is InChI=1S/C12H20ClN3S/c1-12(2,3)10-14-11(17-15-10)16(4)7-8-5-9(13)6-8/h8-9H,5-7H2,1-4H3. The first-order chi connectivity index (χ1) is 7.86. The Morgan fingerprint density at radius 3 is 2.53 bits per heavy atom. The summed E-state index contributed by atoms with van der Waals surface area (Å²) in [4.78, 5) is 6.82. The molecule has 0 aliphatic heterocycles. The highest BCUT2D eigenvalue weighted by molar-refractivity contribution is 7.09. The van der Waals surface area contributed by atoms with Crippen LogP contribution in [0.25, 0.3) is 0 Å². The third-order valence-corrected chi connectivity index (χ3v) is 4.31. The highest BCUT2D eigenvalue weighted by Crippen LogP contribution is 2.33. The molecule has 96 valence electrons. The second kappa shape index (κ2) is 4.73. The molecule has 0 amide bonds. The Kier molecular flexibility index (Phi) is 3.64. The van der Waals surface area contributed by atoms with Crippen LogP contribution < -0.4 is 4.90 Å². The first-order valence-corrected chi connectivity index (χ1v) is 7.26. The van der Waals surface area contributed by atoms with E-state index in [2.05, 4.69) is 42.1 Å². The minimum Gasteiger partial charge on any atom is -0.350 e. The highest BCUT2D eigenvalue weighted by atomic mass is 35.5. The number of hydrogen-bond donors (Lipinski definition) is 0. The summed E-state index contributed by atoms with van der Waals surface area (Å²) in [5.41, 5.74) is 0.0350. The molecule has 0 bridgehead atoms. The zero-order chi connectivity index (χ0) is 12.6. The molecule has 1 aromatic rings. The maximum Gasteiger partial charge on any atom is 0.204 e. The van der Waals surface area contributed by atoms with E-state index in [1.807, 2.05) is 0 Å². The number of halogens is 1. The smallest absolute Gasteiger partial charge is 0.204 e. The van der Waals surface area contributed by atoms with E-state index >= 15 is 0 Å². The first kappa shape index (κ1) is 13.1. The number of anilines is 1. The van der Waals surface area contributed by atoms with Crippen molar-refractivity contribution < 1.29 is 0 Å². The van der Waals surface area contributed by atoms with Gasteiger partial charge in [-0.15, -0.1) is 11.6 Å².